The molecule has 82 valence electrons. The van der Waals surface area contributed by atoms with E-state index in [1.54, 1.807) is 11.1 Å². The van der Waals surface area contributed by atoms with Gasteiger partial charge in [0.2, 0.25) is 0 Å². The SMILES string of the molecule is C=CCN(N)C(=C)N(N)CCCCC. The summed E-state index contributed by atoms with van der Waals surface area (Å²) >= 11 is 0. The first-order valence-electron chi connectivity index (χ1n) is 4.97. The molecule has 0 unspecified atom stereocenters. The highest BCUT2D eigenvalue weighted by atomic mass is 15.6. The minimum absolute atomic E-state index is 0.556. The first kappa shape index (κ1) is 13.0. The van der Waals surface area contributed by atoms with Crippen LogP contribution in [0.25, 0.3) is 0 Å². The van der Waals surface area contributed by atoms with E-state index in [1.165, 1.54) is 17.9 Å². The van der Waals surface area contributed by atoms with Gasteiger partial charge in [-0.3, -0.25) is 10.0 Å². The minimum atomic E-state index is 0.556. The Morgan fingerprint density at radius 2 is 1.93 bits per heavy atom. The lowest BCUT2D eigenvalue weighted by molar-refractivity contribution is 0.226. The summed E-state index contributed by atoms with van der Waals surface area (Å²) in [4.78, 5) is 0. The van der Waals surface area contributed by atoms with Crippen LogP contribution in [-0.2, 0) is 0 Å². The molecule has 4 N–H and O–H groups in total. The monoisotopic (exact) mass is 198 g/mol. The average Bonchev–Trinajstić information content (AvgIpc) is 2.17. The van der Waals surface area contributed by atoms with Crippen LogP contribution < -0.4 is 11.7 Å². The number of unbranched alkanes of at least 4 members (excludes halogenated alkanes) is 2. The molecule has 0 fully saturated rings. The van der Waals surface area contributed by atoms with E-state index in [0.717, 1.165) is 13.0 Å². The number of rotatable bonds is 8. The van der Waals surface area contributed by atoms with E-state index < -0.39 is 0 Å². The van der Waals surface area contributed by atoms with E-state index in [2.05, 4.69) is 20.1 Å². The molecule has 0 aliphatic carbocycles. The zero-order chi connectivity index (χ0) is 11.0. The van der Waals surface area contributed by atoms with Gasteiger partial charge in [-0.05, 0) is 6.42 Å². The Balaban J connectivity index is 3.79. The summed E-state index contributed by atoms with van der Waals surface area (Å²) in [7, 11) is 0. The zero-order valence-electron chi connectivity index (χ0n) is 9.08. The molecular weight excluding hydrogens is 176 g/mol. The summed E-state index contributed by atoms with van der Waals surface area (Å²) in [6, 6.07) is 0. The van der Waals surface area contributed by atoms with Crippen molar-refractivity contribution >= 4 is 0 Å². The molecule has 0 amide bonds. The van der Waals surface area contributed by atoms with Crippen LogP contribution in [0.2, 0.25) is 0 Å². The van der Waals surface area contributed by atoms with Crippen molar-refractivity contribution in [1.29, 1.82) is 0 Å². The van der Waals surface area contributed by atoms with E-state index in [4.69, 9.17) is 11.7 Å². The van der Waals surface area contributed by atoms with Crippen LogP contribution in [0.1, 0.15) is 26.2 Å². The van der Waals surface area contributed by atoms with Gasteiger partial charge in [-0.2, -0.15) is 0 Å². The van der Waals surface area contributed by atoms with Crippen molar-refractivity contribution < 1.29 is 0 Å². The maximum atomic E-state index is 5.77. The molecule has 0 spiro atoms. The van der Waals surface area contributed by atoms with Gasteiger partial charge in [0.15, 0.2) is 0 Å². The summed E-state index contributed by atoms with van der Waals surface area (Å²) < 4.78 is 0. The quantitative estimate of drug-likeness (QED) is 0.266. The van der Waals surface area contributed by atoms with Crippen LogP contribution in [-0.4, -0.2) is 23.1 Å². The van der Waals surface area contributed by atoms with Crippen LogP contribution in [0, 0.1) is 0 Å². The Labute approximate surface area is 86.8 Å². The lowest BCUT2D eigenvalue weighted by Crippen LogP contribution is -2.43. The van der Waals surface area contributed by atoms with Crippen molar-refractivity contribution in [2.24, 2.45) is 11.7 Å². The molecule has 0 bridgehead atoms. The molecule has 0 aliphatic heterocycles. The van der Waals surface area contributed by atoms with Crippen molar-refractivity contribution in [3.63, 3.8) is 0 Å². The van der Waals surface area contributed by atoms with E-state index in [1.807, 2.05) is 0 Å². The summed E-state index contributed by atoms with van der Waals surface area (Å²) in [6.07, 6.45) is 5.13. The van der Waals surface area contributed by atoms with E-state index >= 15 is 0 Å². The Bertz CT molecular complexity index is 179. The molecule has 0 aromatic heterocycles. The van der Waals surface area contributed by atoms with Crippen LogP contribution in [0.5, 0.6) is 0 Å². The van der Waals surface area contributed by atoms with Crippen molar-refractivity contribution in [2.45, 2.75) is 26.2 Å². The Morgan fingerprint density at radius 3 is 2.43 bits per heavy atom. The van der Waals surface area contributed by atoms with Gasteiger partial charge >= 0.3 is 0 Å². The van der Waals surface area contributed by atoms with Crippen LogP contribution >= 0.6 is 0 Å². The predicted octanol–water partition coefficient (Wildman–Crippen LogP) is 1.19. The Hall–Kier alpha value is -1.00. The summed E-state index contributed by atoms with van der Waals surface area (Å²) in [5, 5.41) is 3.07. The fourth-order valence-electron chi connectivity index (χ4n) is 1.07. The molecule has 0 aliphatic rings. The average molecular weight is 198 g/mol. The molecule has 14 heavy (non-hydrogen) atoms. The van der Waals surface area contributed by atoms with Crippen LogP contribution in [0.3, 0.4) is 0 Å². The minimum Gasteiger partial charge on any atom is -0.296 e. The smallest absolute Gasteiger partial charge is 0.125 e. The second kappa shape index (κ2) is 7.41. The van der Waals surface area contributed by atoms with Gasteiger partial charge in [0.05, 0.1) is 6.54 Å². The third-order valence-corrected chi connectivity index (χ3v) is 1.99. The molecule has 0 saturated carbocycles. The molecule has 4 nitrogen and oxygen atoms in total. The lowest BCUT2D eigenvalue weighted by atomic mass is 10.2. The third kappa shape index (κ3) is 4.89. The van der Waals surface area contributed by atoms with Crippen molar-refractivity contribution in [2.75, 3.05) is 13.1 Å². The topological polar surface area (TPSA) is 58.5 Å². The molecule has 0 atom stereocenters. The molecule has 4 heteroatoms. The van der Waals surface area contributed by atoms with Gasteiger partial charge in [-0.25, -0.2) is 11.7 Å². The second-order valence-corrected chi connectivity index (χ2v) is 3.26. The number of nitrogens with two attached hydrogens (primary N) is 2. The highest BCUT2D eigenvalue weighted by Gasteiger charge is 2.06. The summed E-state index contributed by atoms with van der Waals surface area (Å²) in [5.74, 6) is 12.1. The van der Waals surface area contributed by atoms with Gasteiger partial charge < -0.3 is 0 Å². The standard InChI is InChI=1S/C10H22N4/c1-4-6-7-9-14(12)10(3)13(11)8-5-2/h5H,2-4,6-9,11-12H2,1H3. The maximum absolute atomic E-state index is 5.77. The van der Waals surface area contributed by atoms with Crippen LogP contribution in [0.4, 0.5) is 0 Å². The molecular formula is C10H22N4. The third-order valence-electron chi connectivity index (χ3n) is 1.99. The number of hydrogen-bond acceptors (Lipinski definition) is 4. The molecule has 0 heterocycles. The van der Waals surface area contributed by atoms with E-state index in [0.29, 0.717) is 12.4 Å². The number of nitrogens with zero attached hydrogens (tertiary/aromatic N) is 2. The highest BCUT2D eigenvalue weighted by Crippen LogP contribution is 2.02. The zero-order valence-corrected chi connectivity index (χ0v) is 9.08. The van der Waals surface area contributed by atoms with Crippen LogP contribution in [0.15, 0.2) is 25.1 Å². The predicted molar refractivity (Wildman–Crippen MR) is 60.6 cm³/mol. The van der Waals surface area contributed by atoms with Gasteiger partial charge in [0.25, 0.3) is 0 Å². The normalized spacial score (nSPS) is 9.64. The first-order valence-corrected chi connectivity index (χ1v) is 4.97. The Morgan fingerprint density at radius 1 is 1.29 bits per heavy atom. The van der Waals surface area contributed by atoms with Gasteiger partial charge in [0, 0.05) is 6.54 Å². The highest BCUT2D eigenvalue weighted by molar-refractivity contribution is 4.91. The molecule has 0 aromatic carbocycles. The number of hydrogen-bond donors (Lipinski definition) is 2. The maximum Gasteiger partial charge on any atom is 0.125 e. The van der Waals surface area contributed by atoms with Crippen molar-refractivity contribution in [3.05, 3.63) is 25.1 Å². The molecule has 0 aromatic rings. The van der Waals surface area contributed by atoms with Gasteiger partial charge in [0.1, 0.15) is 5.82 Å². The molecule has 0 rings (SSSR count). The Kier molecular flexibility index (Phi) is 6.88. The van der Waals surface area contributed by atoms with Crippen molar-refractivity contribution in [1.82, 2.24) is 10.0 Å². The molecule has 0 saturated heterocycles. The van der Waals surface area contributed by atoms with Gasteiger partial charge in [-0.1, -0.05) is 32.4 Å². The second-order valence-electron chi connectivity index (χ2n) is 3.26. The van der Waals surface area contributed by atoms with E-state index in [-0.39, 0.29) is 0 Å². The number of hydrazine groups is 2. The molecule has 0 radical (unpaired) electrons. The van der Waals surface area contributed by atoms with E-state index in [9.17, 15) is 0 Å². The van der Waals surface area contributed by atoms with Gasteiger partial charge in [-0.15, -0.1) is 6.58 Å². The fraction of sp³-hybridized carbons (Fsp3) is 0.600. The lowest BCUT2D eigenvalue weighted by Gasteiger charge is -2.27. The first-order chi connectivity index (χ1) is 6.63. The summed E-state index contributed by atoms with van der Waals surface area (Å²) in [6.45, 7) is 10.9. The largest absolute Gasteiger partial charge is 0.296 e. The fourth-order valence-corrected chi connectivity index (χ4v) is 1.07. The van der Waals surface area contributed by atoms with Crippen molar-refractivity contribution in [3.8, 4) is 0 Å². The summed E-state index contributed by atoms with van der Waals surface area (Å²) in [5.41, 5.74) is 0.